The summed E-state index contributed by atoms with van der Waals surface area (Å²) < 4.78 is 5.55. The number of carbonyl (C=O) groups is 2. The minimum absolute atomic E-state index is 0.0265. The van der Waals surface area contributed by atoms with Gasteiger partial charge in [-0.25, -0.2) is 4.98 Å². The molecular formula is C20H32N4O3S. The Labute approximate surface area is 171 Å². The third-order valence-corrected chi connectivity index (χ3v) is 6.88. The third-order valence-electron chi connectivity index (χ3n) is 5.80. The fraction of sp³-hybridized carbons (Fsp3) is 0.750. The smallest absolute Gasteiger partial charge is 0.263 e. The molecule has 0 unspecified atom stereocenters. The second-order valence-electron chi connectivity index (χ2n) is 7.72. The van der Waals surface area contributed by atoms with Crippen molar-refractivity contribution in [3.05, 3.63) is 15.6 Å². The molecular weight excluding hydrogens is 376 g/mol. The molecule has 8 heteroatoms. The van der Waals surface area contributed by atoms with Crippen molar-refractivity contribution in [2.75, 3.05) is 39.4 Å². The van der Waals surface area contributed by atoms with Crippen molar-refractivity contribution in [2.24, 2.45) is 0 Å². The number of amides is 2. The van der Waals surface area contributed by atoms with Gasteiger partial charge in [0.1, 0.15) is 4.88 Å². The van der Waals surface area contributed by atoms with E-state index < -0.39 is 0 Å². The van der Waals surface area contributed by atoms with E-state index in [0.29, 0.717) is 23.5 Å². The first kappa shape index (κ1) is 21.2. The van der Waals surface area contributed by atoms with Crippen LogP contribution in [0.1, 0.15) is 53.0 Å². The molecule has 2 aliphatic heterocycles. The lowest BCUT2D eigenvalue weighted by Crippen LogP contribution is -2.53. The van der Waals surface area contributed by atoms with Gasteiger partial charge in [0.2, 0.25) is 5.91 Å². The van der Waals surface area contributed by atoms with Gasteiger partial charge in [-0.2, -0.15) is 0 Å². The number of hydrogen-bond acceptors (Lipinski definition) is 6. The maximum Gasteiger partial charge on any atom is 0.263 e. The molecule has 0 aliphatic carbocycles. The lowest BCUT2D eigenvalue weighted by atomic mass is 9.98. The summed E-state index contributed by atoms with van der Waals surface area (Å²) in [6.45, 7) is 10.2. The highest BCUT2D eigenvalue weighted by Gasteiger charge is 2.31. The van der Waals surface area contributed by atoms with Gasteiger partial charge in [0, 0.05) is 58.4 Å². The predicted octanol–water partition coefficient (Wildman–Crippen LogP) is 1.98. The quantitative estimate of drug-likeness (QED) is 0.779. The lowest BCUT2D eigenvalue weighted by molar-refractivity contribution is -0.130. The summed E-state index contributed by atoms with van der Waals surface area (Å²) in [5.41, 5.74) is 0.804. The Hall–Kier alpha value is -1.51. The molecule has 0 bridgehead atoms. The number of ether oxygens (including phenoxy) is 1. The maximum absolute atomic E-state index is 12.5. The van der Waals surface area contributed by atoms with Crippen LogP contribution in [-0.4, -0.2) is 78.1 Å². The van der Waals surface area contributed by atoms with E-state index in [1.807, 2.05) is 18.7 Å². The zero-order valence-electron chi connectivity index (χ0n) is 17.2. The molecule has 7 nitrogen and oxygen atoms in total. The summed E-state index contributed by atoms with van der Waals surface area (Å²) in [4.78, 5) is 33.7. The molecule has 1 N–H and O–H groups in total. The van der Waals surface area contributed by atoms with Gasteiger partial charge in [-0.15, -0.1) is 11.3 Å². The molecule has 2 amide bonds. The van der Waals surface area contributed by atoms with Crippen molar-refractivity contribution in [1.29, 1.82) is 0 Å². The van der Waals surface area contributed by atoms with Crippen molar-refractivity contribution in [1.82, 2.24) is 20.1 Å². The summed E-state index contributed by atoms with van der Waals surface area (Å²) >= 11 is 1.45. The van der Waals surface area contributed by atoms with Crippen LogP contribution in [-0.2, 0) is 9.53 Å². The van der Waals surface area contributed by atoms with E-state index in [1.165, 1.54) is 11.3 Å². The van der Waals surface area contributed by atoms with Crippen LogP contribution in [0, 0.1) is 13.8 Å². The molecule has 0 aromatic carbocycles. The van der Waals surface area contributed by atoms with E-state index in [-0.39, 0.29) is 11.8 Å². The summed E-state index contributed by atoms with van der Waals surface area (Å²) in [6, 6.07) is 0.954. The van der Waals surface area contributed by atoms with Crippen LogP contribution in [0.4, 0.5) is 0 Å². The van der Waals surface area contributed by atoms with Crippen LogP contribution >= 0.6 is 11.3 Å². The van der Waals surface area contributed by atoms with Crippen LogP contribution in [0.25, 0.3) is 0 Å². The Morgan fingerprint density at radius 1 is 1.18 bits per heavy atom. The number of carbonyl (C=O) groups excluding carboxylic acids is 2. The summed E-state index contributed by atoms with van der Waals surface area (Å²) in [5, 5.41) is 4.00. The highest BCUT2D eigenvalue weighted by molar-refractivity contribution is 7.13. The summed E-state index contributed by atoms with van der Waals surface area (Å²) in [5.74, 6) is 0.139. The largest absolute Gasteiger partial charge is 0.381 e. The van der Waals surface area contributed by atoms with Gasteiger partial charge in [0.15, 0.2) is 0 Å². The van der Waals surface area contributed by atoms with Crippen LogP contribution in [0.15, 0.2) is 0 Å². The SMILES string of the molecule is CC(=O)N1CCC(N(CCNC(=O)c2sc(C)nc2C)C2CCOCC2)CC1. The van der Waals surface area contributed by atoms with Crippen molar-refractivity contribution in [3.63, 3.8) is 0 Å². The predicted molar refractivity (Wildman–Crippen MR) is 110 cm³/mol. The molecule has 3 rings (SSSR count). The Balaban J connectivity index is 1.57. The second-order valence-corrected chi connectivity index (χ2v) is 8.93. The first-order chi connectivity index (χ1) is 13.5. The molecule has 3 heterocycles. The summed E-state index contributed by atoms with van der Waals surface area (Å²) in [7, 11) is 0. The molecule has 2 saturated heterocycles. The minimum Gasteiger partial charge on any atom is -0.381 e. The van der Waals surface area contributed by atoms with E-state index in [1.54, 1.807) is 6.92 Å². The topological polar surface area (TPSA) is 74.8 Å². The molecule has 2 fully saturated rings. The van der Waals surface area contributed by atoms with Crippen molar-refractivity contribution in [2.45, 2.75) is 58.5 Å². The molecule has 0 radical (unpaired) electrons. The van der Waals surface area contributed by atoms with Gasteiger partial charge in [0.05, 0.1) is 10.7 Å². The fourth-order valence-electron chi connectivity index (χ4n) is 4.31. The molecule has 28 heavy (non-hydrogen) atoms. The number of piperidine rings is 1. The number of rotatable bonds is 6. The zero-order valence-corrected chi connectivity index (χ0v) is 18.0. The monoisotopic (exact) mass is 408 g/mol. The first-order valence-corrected chi connectivity index (χ1v) is 11.1. The van der Waals surface area contributed by atoms with E-state index >= 15 is 0 Å². The van der Waals surface area contributed by atoms with Gasteiger partial charge in [-0.3, -0.25) is 14.5 Å². The molecule has 0 saturated carbocycles. The fourth-order valence-corrected chi connectivity index (χ4v) is 5.15. The molecule has 1 aromatic rings. The van der Waals surface area contributed by atoms with Crippen molar-refractivity contribution in [3.8, 4) is 0 Å². The second kappa shape index (κ2) is 9.80. The highest BCUT2D eigenvalue weighted by atomic mass is 32.1. The highest BCUT2D eigenvalue weighted by Crippen LogP contribution is 2.24. The van der Waals surface area contributed by atoms with Gasteiger partial charge in [-0.1, -0.05) is 0 Å². The number of thiazole rings is 1. The number of aromatic nitrogens is 1. The standard InChI is InChI=1S/C20H32N4O3S/c1-14-19(28-15(2)22-14)20(26)21-8-11-24(18-6-12-27-13-7-18)17-4-9-23(10-5-17)16(3)25/h17-18H,4-13H2,1-3H3,(H,21,26). The third kappa shape index (κ3) is 5.30. The van der Waals surface area contributed by atoms with E-state index in [9.17, 15) is 9.59 Å². The Morgan fingerprint density at radius 2 is 1.82 bits per heavy atom. The summed E-state index contributed by atoms with van der Waals surface area (Å²) in [6.07, 6.45) is 4.07. The number of nitrogens with zero attached hydrogens (tertiary/aromatic N) is 3. The Bertz CT molecular complexity index is 679. The van der Waals surface area contributed by atoms with Crippen LogP contribution in [0.2, 0.25) is 0 Å². The van der Waals surface area contributed by atoms with E-state index in [4.69, 9.17) is 4.74 Å². The van der Waals surface area contributed by atoms with Crippen LogP contribution < -0.4 is 5.32 Å². The van der Waals surface area contributed by atoms with Gasteiger partial charge >= 0.3 is 0 Å². The molecule has 156 valence electrons. The normalized spacial score (nSPS) is 19.2. The molecule has 2 aliphatic rings. The Kier molecular flexibility index (Phi) is 7.42. The molecule has 1 aromatic heterocycles. The van der Waals surface area contributed by atoms with Gasteiger partial charge in [-0.05, 0) is 39.5 Å². The van der Waals surface area contributed by atoms with Gasteiger partial charge in [0.25, 0.3) is 5.91 Å². The average Bonchev–Trinajstić information content (AvgIpc) is 3.04. The zero-order chi connectivity index (χ0) is 20.1. The number of aryl methyl sites for hydroxylation is 2. The van der Waals surface area contributed by atoms with E-state index in [0.717, 1.165) is 69.2 Å². The minimum atomic E-state index is -0.0265. The van der Waals surface area contributed by atoms with Crippen molar-refractivity contribution >= 4 is 23.2 Å². The number of nitrogens with one attached hydrogen (secondary N) is 1. The first-order valence-electron chi connectivity index (χ1n) is 10.3. The lowest BCUT2D eigenvalue weighted by Gasteiger charge is -2.43. The molecule has 0 spiro atoms. The van der Waals surface area contributed by atoms with Crippen LogP contribution in [0.3, 0.4) is 0 Å². The average molecular weight is 409 g/mol. The number of likely N-dealkylation sites (tertiary alicyclic amines) is 1. The van der Waals surface area contributed by atoms with Crippen molar-refractivity contribution < 1.29 is 14.3 Å². The Morgan fingerprint density at radius 3 is 2.39 bits per heavy atom. The van der Waals surface area contributed by atoms with Gasteiger partial charge < -0.3 is 15.0 Å². The molecule has 0 atom stereocenters. The maximum atomic E-state index is 12.5. The van der Waals surface area contributed by atoms with Crippen LogP contribution in [0.5, 0.6) is 0 Å². The van der Waals surface area contributed by atoms with E-state index in [2.05, 4.69) is 15.2 Å². The number of hydrogen-bond donors (Lipinski definition) is 1.